The first-order chi connectivity index (χ1) is 15.9. The summed E-state index contributed by atoms with van der Waals surface area (Å²) >= 11 is 1.48. The summed E-state index contributed by atoms with van der Waals surface area (Å²) in [7, 11) is 0. The Morgan fingerprint density at radius 2 is 2.00 bits per heavy atom. The van der Waals surface area contributed by atoms with Crippen LogP contribution in [0.25, 0.3) is 16.7 Å². The van der Waals surface area contributed by atoms with Gasteiger partial charge in [0.05, 0.1) is 24.5 Å². The summed E-state index contributed by atoms with van der Waals surface area (Å²) in [5.74, 6) is 0.454. The maximum Gasteiger partial charge on any atom is 0.265 e. The van der Waals surface area contributed by atoms with Gasteiger partial charge in [0.1, 0.15) is 5.39 Å². The van der Waals surface area contributed by atoms with Gasteiger partial charge in [0.15, 0.2) is 17.1 Å². The van der Waals surface area contributed by atoms with Crippen LogP contribution < -0.4 is 10.9 Å². The number of carbonyl (C=O) groups excluding carboxylic acids is 1. The molecular formula is C23H29N5O4S. The van der Waals surface area contributed by atoms with Crippen molar-refractivity contribution in [1.82, 2.24) is 24.6 Å². The van der Waals surface area contributed by atoms with E-state index < -0.39 is 6.29 Å². The summed E-state index contributed by atoms with van der Waals surface area (Å²) in [5.41, 5.74) is 3.56. The summed E-state index contributed by atoms with van der Waals surface area (Å²) in [6, 6.07) is 5.77. The Morgan fingerprint density at radius 1 is 1.24 bits per heavy atom. The van der Waals surface area contributed by atoms with Gasteiger partial charge >= 0.3 is 0 Å². The first-order valence-electron chi connectivity index (χ1n) is 11.1. The van der Waals surface area contributed by atoms with E-state index in [1.165, 1.54) is 17.3 Å². The molecule has 1 amide bonds. The third kappa shape index (κ3) is 4.83. The van der Waals surface area contributed by atoms with E-state index in [2.05, 4.69) is 17.3 Å². The van der Waals surface area contributed by atoms with Gasteiger partial charge in [-0.1, -0.05) is 17.8 Å². The molecule has 9 nitrogen and oxygen atoms in total. The Labute approximate surface area is 196 Å². The van der Waals surface area contributed by atoms with Gasteiger partial charge in [-0.15, -0.1) is 0 Å². The minimum absolute atomic E-state index is 0.157. The molecule has 1 unspecified atom stereocenters. The first kappa shape index (κ1) is 23.5. The summed E-state index contributed by atoms with van der Waals surface area (Å²) in [6.07, 6.45) is 1.26. The normalized spacial score (nSPS) is 15.4. The summed E-state index contributed by atoms with van der Waals surface area (Å²) in [4.78, 5) is 30.6. The predicted octanol–water partition coefficient (Wildman–Crippen LogP) is 2.75. The van der Waals surface area contributed by atoms with E-state index >= 15 is 0 Å². The lowest BCUT2D eigenvalue weighted by Crippen LogP contribution is -2.37. The van der Waals surface area contributed by atoms with Crippen LogP contribution in [0.2, 0.25) is 0 Å². The molecule has 176 valence electrons. The third-order valence-electron chi connectivity index (χ3n) is 5.70. The van der Waals surface area contributed by atoms with Crippen molar-refractivity contribution in [3.63, 3.8) is 0 Å². The highest BCUT2D eigenvalue weighted by atomic mass is 32.2. The van der Waals surface area contributed by atoms with Crippen molar-refractivity contribution in [3.05, 3.63) is 45.9 Å². The molecule has 2 aromatic heterocycles. The van der Waals surface area contributed by atoms with Crippen molar-refractivity contribution in [2.45, 2.75) is 51.6 Å². The Morgan fingerprint density at radius 3 is 2.70 bits per heavy atom. The molecule has 0 saturated carbocycles. The summed E-state index contributed by atoms with van der Waals surface area (Å²) < 4.78 is 14.3. The minimum Gasteiger partial charge on any atom is -0.351 e. The molecule has 3 aromatic rings. The van der Waals surface area contributed by atoms with Crippen LogP contribution in [-0.2, 0) is 14.3 Å². The molecule has 1 aromatic carbocycles. The van der Waals surface area contributed by atoms with Crippen LogP contribution >= 0.6 is 11.8 Å². The number of fused-ring (bicyclic) bond motifs is 2. The van der Waals surface area contributed by atoms with Crippen molar-refractivity contribution < 1.29 is 14.3 Å². The molecule has 0 radical (unpaired) electrons. The smallest absolute Gasteiger partial charge is 0.265 e. The van der Waals surface area contributed by atoms with E-state index in [1.54, 1.807) is 15.4 Å². The highest BCUT2D eigenvalue weighted by molar-refractivity contribution is 7.99. The summed E-state index contributed by atoms with van der Waals surface area (Å²) in [5, 5.41) is 8.33. The number of hydrogen-bond acceptors (Lipinski definition) is 7. The van der Waals surface area contributed by atoms with Gasteiger partial charge in [0.2, 0.25) is 5.91 Å². The lowest BCUT2D eigenvalue weighted by atomic mass is 10.1. The van der Waals surface area contributed by atoms with E-state index in [-0.39, 0.29) is 30.5 Å². The van der Waals surface area contributed by atoms with Gasteiger partial charge in [-0.25, -0.2) is 9.67 Å². The third-order valence-corrected chi connectivity index (χ3v) is 6.80. The second-order valence-electron chi connectivity index (χ2n) is 7.95. The maximum absolute atomic E-state index is 13.3. The predicted molar refractivity (Wildman–Crippen MR) is 127 cm³/mol. The van der Waals surface area contributed by atoms with E-state index in [0.29, 0.717) is 35.2 Å². The van der Waals surface area contributed by atoms with Crippen molar-refractivity contribution in [3.8, 4) is 5.69 Å². The number of benzene rings is 1. The van der Waals surface area contributed by atoms with Crippen LogP contribution in [-0.4, -0.2) is 57.0 Å². The van der Waals surface area contributed by atoms with Gasteiger partial charge < -0.3 is 14.8 Å². The zero-order valence-electron chi connectivity index (χ0n) is 19.3. The number of amides is 1. The van der Waals surface area contributed by atoms with Gasteiger partial charge in [0, 0.05) is 25.4 Å². The van der Waals surface area contributed by atoms with Gasteiger partial charge in [0.25, 0.3) is 5.56 Å². The summed E-state index contributed by atoms with van der Waals surface area (Å²) in [6.45, 7) is 9.12. The van der Waals surface area contributed by atoms with Crippen LogP contribution in [0.15, 0.2) is 34.3 Å². The van der Waals surface area contributed by atoms with Crippen LogP contribution in [0.1, 0.15) is 37.4 Å². The van der Waals surface area contributed by atoms with Crippen molar-refractivity contribution in [2.24, 2.45) is 0 Å². The molecule has 1 aliphatic heterocycles. The highest BCUT2D eigenvalue weighted by Crippen LogP contribution is 2.33. The lowest BCUT2D eigenvalue weighted by Gasteiger charge is -2.18. The number of ether oxygens (including phenoxy) is 2. The van der Waals surface area contributed by atoms with Crippen LogP contribution in [0.4, 0.5) is 0 Å². The SMILES string of the molecule is CCOC(CNC(=O)CC1CSc2nc3c(cnn3-c3ccc(C)c(C)c3)c(=O)n21)OCC. The molecular weight excluding hydrogens is 442 g/mol. The fraction of sp³-hybridized carbons (Fsp3) is 0.478. The van der Waals surface area contributed by atoms with Crippen LogP contribution in [0.5, 0.6) is 0 Å². The van der Waals surface area contributed by atoms with Gasteiger partial charge in [-0.3, -0.25) is 14.2 Å². The van der Waals surface area contributed by atoms with E-state index in [1.807, 2.05) is 39.0 Å². The van der Waals surface area contributed by atoms with Crippen molar-refractivity contribution >= 4 is 28.7 Å². The standard InChI is InChI=1S/C23H29N5O4S/c1-5-31-20(32-6-2)12-24-19(29)10-17-13-33-23-26-21-18(22(30)27(17)23)11-25-28(21)16-8-7-14(3)15(4)9-16/h7-9,11,17,20H,5-6,10,12-13H2,1-4H3,(H,24,29). The van der Waals surface area contributed by atoms with Gasteiger partial charge in [-0.05, 0) is 51.0 Å². The molecule has 0 bridgehead atoms. The number of hydrogen-bond donors (Lipinski definition) is 1. The lowest BCUT2D eigenvalue weighted by molar-refractivity contribution is -0.140. The second-order valence-corrected chi connectivity index (χ2v) is 8.93. The number of thioether (sulfide) groups is 1. The Balaban J connectivity index is 1.55. The minimum atomic E-state index is -0.477. The number of rotatable bonds is 9. The molecule has 1 atom stereocenters. The Hall–Kier alpha value is -2.69. The average molecular weight is 472 g/mol. The van der Waals surface area contributed by atoms with Crippen LogP contribution in [0.3, 0.4) is 0 Å². The zero-order valence-corrected chi connectivity index (χ0v) is 20.1. The largest absolute Gasteiger partial charge is 0.351 e. The number of aromatic nitrogens is 4. The fourth-order valence-electron chi connectivity index (χ4n) is 3.85. The number of aryl methyl sites for hydroxylation is 2. The van der Waals surface area contributed by atoms with E-state index in [9.17, 15) is 9.59 Å². The highest BCUT2D eigenvalue weighted by Gasteiger charge is 2.29. The quantitative estimate of drug-likeness (QED) is 0.378. The maximum atomic E-state index is 13.3. The Kier molecular flexibility index (Phi) is 7.16. The van der Waals surface area contributed by atoms with Crippen molar-refractivity contribution in [1.29, 1.82) is 0 Å². The van der Waals surface area contributed by atoms with E-state index in [0.717, 1.165) is 11.3 Å². The number of carbonyl (C=O) groups is 1. The zero-order chi connectivity index (χ0) is 23.5. The number of nitrogens with one attached hydrogen (secondary N) is 1. The molecule has 1 N–H and O–H groups in total. The molecule has 0 fully saturated rings. The molecule has 33 heavy (non-hydrogen) atoms. The van der Waals surface area contributed by atoms with Gasteiger partial charge in [-0.2, -0.15) is 5.10 Å². The molecule has 4 rings (SSSR count). The second kappa shape index (κ2) is 10.1. The topological polar surface area (TPSA) is 100 Å². The average Bonchev–Trinajstić information content (AvgIpc) is 3.39. The molecule has 10 heteroatoms. The molecule has 0 spiro atoms. The Bertz CT molecular complexity index is 1220. The first-order valence-corrected chi connectivity index (χ1v) is 12.1. The molecule has 0 aliphatic carbocycles. The number of nitrogens with zero attached hydrogens (tertiary/aromatic N) is 4. The van der Waals surface area contributed by atoms with Crippen LogP contribution in [0, 0.1) is 13.8 Å². The monoisotopic (exact) mass is 471 g/mol. The molecule has 1 aliphatic rings. The molecule has 3 heterocycles. The van der Waals surface area contributed by atoms with Crippen molar-refractivity contribution in [2.75, 3.05) is 25.5 Å². The molecule has 0 saturated heterocycles. The van der Waals surface area contributed by atoms with E-state index in [4.69, 9.17) is 14.5 Å². The fourth-order valence-corrected chi connectivity index (χ4v) is 4.98.